The van der Waals surface area contributed by atoms with Gasteiger partial charge in [0.2, 0.25) is 5.91 Å². The summed E-state index contributed by atoms with van der Waals surface area (Å²) in [5, 5.41) is 14.2. The molecule has 1 atom stereocenters. The van der Waals surface area contributed by atoms with Crippen LogP contribution in [0.2, 0.25) is 0 Å². The molecule has 2 rings (SSSR count). The summed E-state index contributed by atoms with van der Waals surface area (Å²) in [7, 11) is 0. The number of hydrogen-bond donors (Lipinski definition) is 3. The minimum absolute atomic E-state index is 0.268. The van der Waals surface area contributed by atoms with Crippen LogP contribution in [0.1, 0.15) is 11.6 Å². The van der Waals surface area contributed by atoms with Gasteiger partial charge in [0.15, 0.2) is 0 Å². The number of aliphatic hydroxyl groups excluding tert-OH is 1. The molecule has 0 aliphatic carbocycles. The van der Waals surface area contributed by atoms with Crippen LogP contribution in [-0.4, -0.2) is 27.4 Å². The maximum absolute atomic E-state index is 11.9. The SMILES string of the molecule is O=C(Cn1[nH]c(=O)ccc1=O)NC(CO)c1ccccc1. The number of aliphatic hydroxyl groups is 1. The van der Waals surface area contributed by atoms with Crippen molar-refractivity contribution < 1.29 is 9.90 Å². The second-order valence-electron chi connectivity index (χ2n) is 4.45. The Morgan fingerprint density at radius 2 is 1.90 bits per heavy atom. The van der Waals surface area contributed by atoms with Crippen LogP contribution in [0.4, 0.5) is 0 Å². The molecule has 0 radical (unpaired) electrons. The summed E-state index contributed by atoms with van der Waals surface area (Å²) >= 11 is 0. The minimum atomic E-state index is -0.565. The second kappa shape index (κ2) is 6.67. The van der Waals surface area contributed by atoms with E-state index >= 15 is 0 Å². The summed E-state index contributed by atoms with van der Waals surface area (Å²) < 4.78 is 0.914. The maximum Gasteiger partial charge on any atom is 0.265 e. The summed E-state index contributed by atoms with van der Waals surface area (Å²) in [5.74, 6) is -0.484. The Hall–Kier alpha value is -2.67. The summed E-state index contributed by atoms with van der Waals surface area (Å²) in [4.78, 5) is 34.5. The second-order valence-corrected chi connectivity index (χ2v) is 4.45. The Balaban J connectivity index is 2.09. The molecular weight excluding hydrogens is 274 g/mol. The summed E-state index contributed by atoms with van der Waals surface area (Å²) in [5.41, 5.74) is -0.198. The van der Waals surface area contributed by atoms with Crippen molar-refractivity contribution >= 4 is 5.91 Å². The fraction of sp³-hybridized carbons (Fsp3) is 0.214. The highest BCUT2D eigenvalue weighted by Crippen LogP contribution is 2.11. The van der Waals surface area contributed by atoms with Crippen LogP contribution < -0.4 is 16.4 Å². The predicted octanol–water partition coefficient (Wildman–Crippen LogP) is -0.614. The molecule has 2 aromatic rings. The van der Waals surface area contributed by atoms with E-state index < -0.39 is 23.1 Å². The number of carbonyl (C=O) groups excluding carboxylic acids is 1. The van der Waals surface area contributed by atoms with E-state index in [4.69, 9.17) is 0 Å². The van der Waals surface area contributed by atoms with Gasteiger partial charge in [0.1, 0.15) is 6.54 Å². The van der Waals surface area contributed by atoms with E-state index in [2.05, 4.69) is 10.4 Å². The predicted molar refractivity (Wildman–Crippen MR) is 75.7 cm³/mol. The van der Waals surface area contributed by atoms with E-state index in [1.54, 1.807) is 24.3 Å². The number of H-pyrrole nitrogens is 1. The van der Waals surface area contributed by atoms with Crippen molar-refractivity contribution in [2.75, 3.05) is 6.61 Å². The van der Waals surface area contributed by atoms with Crippen LogP contribution >= 0.6 is 0 Å². The molecule has 7 nitrogen and oxygen atoms in total. The van der Waals surface area contributed by atoms with Gasteiger partial charge in [-0.25, -0.2) is 4.68 Å². The van der Waals surface area contributed by atoms with E-state index in [0.717, 1.165) is 22.4 Å². The monoisotopic (exact) mass is 289 g/mol. The van der Waals surface area contributed by atoms with Gasteiger partial charge in [-0.1, -0.05) is 30.3 Å². The first kappa shape index (κ1) is 14.7. The van der Waals surface area contributed by atoms with Crippen LogP contribution in [0.3, 0.4) is 0 Å². The number of nitrogens with one attached hydrogen (secondary N) is 2. The Labute approximate surface area is 119 Å². The van der Waals surface area contributed by atoms with Crippen molar-refractivity contribution in [1.29, 1.82) is 0 Å². The molecule has 1 amide bonds. The lowest BCUT2D eigenvalue weighted by atomic mass is 10.1. The van der Waals surface area contributed by atoms with Gasteiger partial charge in [-0.15, -0.1) is 0 Å². The third-order valence-corrected chi connectivity index (χ3v) is 2.91. The lowest BCUT2D eigenvalue weighted by Gasteiger charge is -2.17. The fourth-order valence-electron chi connectivity index (χ4n) is 1.88. The Morgan fingerprint density at radius 3 is 2.57 bits per heavy atom. The zero-order chi connectivity index (χ0) is 15.2. The first-order valence-corrected chi connectivity index (χ1v) is 6.35. The Morgan fingerprint density at radius 1 is 1.19 bits per heavy atom. The molecule has 0 spiro atoms. The van der Waals surface area contributed by atoms with Gasteiger partial charge < -0.3 is 10.4 Å². The van der Waals surface area contributed by atoms with Crippen LogP contribution in [0.25, 0.3) is 0 Å². The van der Waals surface area contributed by atoms with Gasteiger partial charge in [0, 0.05) is 12.1 Å². The molecule has 0 bridgehead atoms. The van der Waals surface area contributed by atoms with Crippen molar-refractivity contribution in [2.24, 2.45) is 0 Å². The van der Waals surface area contributed by atoms with Crippen molar-refractivity contribution in [2.45, 2.75) is 12.6 Å². The smallest absolute Gasteiger partial charge is 0.265 e. The molecule has 1 aromatic heterocycles. The van der Waals surface area contributed by atoms with Gasteiger partial charge in [-0.2, -0.15) is 0 Å². The van der Waals surface area contributed by atoms with Gasteiger partial charge in [-0.05, 0) is 5.56 Å². The molecule has 1 aromatic carbocycles. The largest absolute Gasteiger partial charge is 0.394 e. The van der Waals surface area contributed by atoms with Crippen molar-refractivity contribution in [1.82, 2.24) is 15.1 Å². The number of rotatable bonds is 5. The zero-order valence-electron chi connectivity index (χ0n) is 11.2. The average molecular weight is 289 g/mol. The maximum atomic E-state index is 11.9. The molecule has 1 heterocycles. The molecule has 0 saturated heterocycles. The molecule has 1 unspecified atom stereocenters. The number of carbonyl (C=O) groups is 1. The topological polar surface area (TPSA) is 104 Å². The molecule has 0 saturated carbocycles. The van der Waals surface area contributed by atoms with Crippen molar-refractivity contribution in [3.8, 4) is 0 Å². The standard InChI is InChI=1S/C14H15N3O4/c18-9-11(10-4-2-1-3-5-10)15-13(20)8-17-14(21)7-6-12(19)16-17/h1-7,11,18H,8-9H2,(H,15,20)(H,16,19). The fourth-order valence-corrected chi connectivity index (χ4v) is 1.88. The minimum Gasteiger partial charge on any atom is -0.394 e. The number of nitrogens with zero attached hydrogens (tertiary/aromatic N) is 1. The van der Waals surface area contributed by atoms with Gasteiger partial charge >= 0.3 is 0 Å². The van der Waals surface area contributed by atoms with Crippen molar-refractivity contribution in [3.05, 3.63) is 68.7 Å². The molecule has 3 N–H and O–H groups in total. The number of benzene rings is 1. The molecule has 0 fully saturated rings. The van der Waals surface area contributed by atoms with E-state index in [1.165, 1.54) is 0 Å². The Kier molecular flexibility index (Phi) is 4.68. The average Bonchev–Trinajstić information content (AvgIpc) is 2.49. The van der Waals surface area contributed by atoms with Crippen molar-refractivity contribution in [3.63, 3.8) is 0 Å². The van der Waals surface area contributed by atoms with Crippen LogP contribution in [-0.2, 0) is 11.3 Å². The lowest BCUT2D eigenvalue weighted by Crippen LogP contribution is -2.38. The molecular formula is C14H15N3O4. The summed E-state index contributed by atoms with van der Waals surface area (Å²) in [6.07, 6.45) is 0. The van der Waals surface area contributed by atoms with Gasteiger partial charge in [-0.3, -0.25) is 19.5 Å². The molecule has 7 heteroatoms. The zero-order valence-corrected chi connectivity index (χ0v) is 11.2. The normalized spacial score (nSPS) is 11.9. The highest BCUT2D eigenvalue weighted by Gasteiger charge is 2.14. The first-order valence-electron chi connectivity index (χ1n) is 6.35. The quantitative estimate of drug-likeness (QED) is 0.682. The first-order chi connectivity index (χ1) is 10.1. The van der Waals surface area contributed by atoms with Crippen LogP contribution in [0.15, 0.2) is 52.1 Å². The third-order valence-electron chi connectivity index (χ3n) is 2.91. The van der Waals surface area contributed by atoms with E-state index in [1.807, 2.05) is 6.07 Å². The van der Waals surface area contributed by atoms with E-state index in [0.29, 0.717) is 0 Å². The molecule has 21 heavy (non-hydrogen) atoms. The third kappa shape index (κ3) is 3.90. The van der Waals surface area contributed by atoms with E-state index in [9.17, 15) is 19.5 Å². The van der Waals surface area contributed by atoms with E-state index in [-0.39, 0.29) is 13.2 Å². The molecule has 110 valence electrons. The number of aromatic nitrogens is 2. The number of amides is 1. The number of hydrogen-bond acceptors (Lipinski definition) is 4. The highest BCUT2D eigenvalue weighted by atomic mass is 16.3. The van der Waals surface area contributed by atoms with Crippen LogP contribution in [0.5, 0.6) is 0 Å². The van der Waals surface area contributed by atoms with Gasteiger partial charge in [0.25, 0.3) is 11.1 Å². The van der Waals surface area contributed by atoms with Crippen LogP contribution in [0, 0.1) is 0 Å². The Bertz CT molecular complexity index is 721. The summed E-state index contributed by atoms with van der Waals surface area (Å²) in [6, 6.07) is 10.6. The summed E-state index contributed by atoms with van der Waals surface area (Å²) in [6.45, 7) is -0.589. The molecule has 0 aliphatic heterocycles. The molecule has 0 aliphatic rings. The highest BCUT2D eigenvalue weighted by molar-refractivity contribution is 5.76. The number of aromatic amines is 1. The lowest BCUT2D eigenvalue weighted by molar-refractivity contribution is -0.123. The van der Waals surface area contributed by atoms with Gasteiger partial charge in [0.05, 0.1) is 12.6 Å².